The number of carbonyl (C=O) groups is 2. The Morgan fingerprint density at radius 2 is 1.51 bits per heavy atom. The SMILES string of the molecule is CC(C)(C)c1cc(C(=O)N2CCS(=O)(=O)CC2)c(NC(=O)Nc2ccc(-c3ccc(F)c(F)c3)cc2)s1. The number of anilines is 2. The first-order valence-corrected chi connectivity index (χ1v) is 14.2. The van der Waals surface area contributed by atoms with Crippen LogP contribution >= 0.6 is 11.3 Å². The summed E-state index contributed by atoms with van der Waals surface area (Å²) in [5.74, 6) is -2.36. The van der Waals surface area contributed by atoms with E-state index in [0.29, 0.717) is 27.4 Å². The molecule has 37 heavy (non-hydrogen) atoms. The summed E-state index contributed by atoms with van der Waals surface area (Å²) in [6.45, 7) is 6.21. The van der Waals surface area contributed by atoms with Crippen molar-refractivity contribution in [3.8, 4) is 11.1 Å². The van der Waals surface area contributed by atoms with Gasteiger partial charge in [-0.15, -0.1) is 11.3 Å². The van der Waals surface area contributed by atoms with Crippen molar-refractivity contribution in [3.63, 3.8) is 0 Å². The maximum Gasteiger partial charge on any atom is 0.324 e. The molecule has 2 heterocycles. The lowest BCUT2D eigenvalue weighted by molar-refractivity contribution is 0.0771. The van der Waals surface area contributed by atoms with Crippen molar-refractivity contribution in [1.82, 2.24) is 4.90 Å². The number of nitrogens with zero attached hydrogens (tertiary/aromatic N) is 1. The van der Waals surface area contributed by atoms with Gasteiger partial charge < -0.3 is 10.2 Å². The van der Waals surface area contributed by atoms with Gasteiger partial charge in [-0.25, -0.2) is 22.0 Å². The van der Waals surface area contributed by atoms with Crippen LogP contribution in [0.25, 0.3) is 11.1 Å². The van der Waals surface area contributed by atoms with Gasteiger partial charge in [0.1, 0.15) is 5.00 Å². The molecule has 3 aromatic rings. The summed E-state index contributed by atoms with van der Waals surface area (Å²) in [6.07, 6.45) is 0. The number of sulfone groups is 1. The fourth-order valence-electron chi connectivity index (χ4n) is 3.79. The van der Waals surface area contributed by atoms with Gasteiger partial charge in [-0.05, 0) is 46.9 Å². The number of thiophene rings is 1. The Balaban J connectivity index is 1.50. The highest BCUT2D eigenvalue weighted by Crippen LogP contribution is 2.37. The molecule has 1 aliphatic rings. The molecule has 0 spiro atoms. The van der Waals surface area contributed by atoms with Crippen LogP contribution in [0, 0.1) is 11.6 Å². The molecule has 0 atom stereocenters. The number of halogens is 2. The van der Waals surface area contributed by atoms with Crippen LogP contribution in [-0.2, 0) is 15.3 Å². The van der Waals surface area contributed by atoms with Crippen LogP contribution in [0.15, 0.2) is 48.5 Å². The smallest absolute Gasteiger partial charge is 0.324 e. The van der Waals surface area contributed by atoms with Crippen LogP contribution in [-0.4, -0.2) is 49.9 Å². The average molecular weight is 548 g/mol. The van der Waals surface area contributed by atoms with E-state index in [-0.39, 0.29) is 35.9 Å². The molecule has 1 saturated heterocycles. The number of nitrogens with one attached hydrogen (secondary N) is 2. The van der Waals surface area contributed by atoms with Gasteiger partial charge in [0.25, 0.3) is 5.91 Å². The predicted molar refractivity (Wildman–Crippen MR) is 142 cm³/mol. The highest BCUT2D eigenvalue weighted by atomic mass is 32.2. The second-order valence-electron chi connectivity index (χ2n) is 9.83. The van der Waals surface area contributed by atoms with Crippen LogP contribution in [0.5, 0.6) is 0 Å². The van der Waals surface area contributed by atoms with Gasteiger partial charge in [-0.3, -0.25) is 10.1 Å². The Kier molecular flexibility index (Phi) is 7.38. The molecular formula is C26H27F2N3O4S2. The molecule has 196 valence electrons. The standard InChI is InChI=1S/C26H27F2N3O4S2/c1-26(2,3)22-15-19(24(32)31-10-12-37(34,35)13-11-31)23(36-22)30-25(33)29-18-7-4-16(5-8-18)17-6-9-20(27)21(28)14-17/h4-9,14-15H,10-13H2,1-3H3,(H2,29,30,33). The van der Waals surface area contributed by atoms with Crippen LogP contribution in [0.1, 0.15) is 36.0 Å². The van der Waals surface area contributed by atoms with Gasteiger partial charge in [-0.1, -0.05) is 39.0 Å². The van der Waals surface area contributed by atoms with E-state index >= 15 is 0 Å². The highest BCUT2D eigenvalue weighted by Gasteiger charge is 2.30. The second kappa shape index (κ2) is 10.2. The van der Waals surface area contributed by atoms with Crippen molar-refractivity contribution in [2.75, 3.05) is 35.2 Å². The van der Waals surface area contributed by atoms with Crippen molar-refractivity contribution in [2.45, 2.75) is 26.2 Å². The fourth-order valence-corrected chi connectivity index (χ4v) is 6.09. The van der Waals surface area contributed by atoms with Gasteiger partial charge in [0.2, 0.25) is 0 Å². The number of hydrogen-bond acceptors (Lipinski definition) is 5. The number of benzene rings is 2. The number of carbonyl (C=O) groups excluding carboxylic acids is 2. The van der Waals surface area contributed by atoms with Crippen molar-refractivity contribution >= 4 is 43.8 Å². The zero-order valence-electron chi connectivity index (χ0n) is 20.6. The van der Waals surface area contributed by atoms with E-state index in [9.17, 15) is 26.8 Å². The third-order valence-corrected chi connectivity index (χ3v) is 9.04. The van der Waals surface area contributed by atoms with E-state index in [2.05, 4.69) is 10.6 Å². The first-order valence-electron chi connectivity index (χ1n) is 11.6. The maximum atomic E-state index is 13.5. The Bertz CT molecular complexity index is 1430. The molecule has 4 rings (SSSR count). The summed E-state index contributed by atoms with van der Waals surface area (Å²) >= 11 is 1.30. The van der Waals surface area contributed by atoms with Gasteiger partial charge >= 0.3 is 6.03 Å². The predicted octanol–water partition coefficient (Wildman–Crippen LogP) is 5.51. The van der Waals surface area contributed by atoms with Crippen molar-refractivity contribution in [3.05, 3.63) is 70.6 Å². The topological polar surface area (TPSA) is 95.6 Å². The minimum absolute atomic E-state index is 0.0845. The van der Waals surface area contributed by atoms with Crippen LogP contribution < -0.4 is 10.6 Å². The zero-order chi connectivity index (χ0) is 27.0. The number of urea groups is 1. The molecule has 1 fully saturated rings. The molecule has 0 radical (unpaired) electrons. The summed E-state index contributed by atoms with van der Waals surface area (Å²) in [5.41, 5.74) is 1.66. The average Bonchev–Trinajstić information content (AvgIpc) is 3.25. The van der Waals surface area contributed by atoms with Crippen molar-refractivity contribution in [2.24, 2.45) is 0 Å². The normalized spacial score (nSPS) is 15.3. The first-order chi connectivity index (χ1) is 17.3. The summed E-state index contributed by atoms with van der Waals surface area (Å²) in [6, 6.07) is 11.4. The monoisotopic (exact) mass is 547 g/mol. The number of rotatable bonds is 4. The lowest BCUT2D eigenvalue weighted by atomic mass is 9.94. The van der Waals surface area contributed by atoms with E-state index in [4.69, 9.17) is 0 Å². The van der Waals surface area contributed by atoms with Gasteiger partial charge in [-0.2, -0.15) is 0 Å². The van der Waals surface area contributed by atoms with E-state index in [1.165, 1.54) is 22.3 Å². The summed E-state index contributed by atoms with van der Waals surface area (Å²) in [5, 5.41) is 5.85. The van der Waals surface area contributed by atoms with Gasteiger partial charge in [0.15, 0.2) is 21.5 Å². The summed E-state index contributed by atoms with van der Waals surface area (Å²) in [4.78, 5) is 28.4. The minimum atomic E-state index is -3.14. The Labute approximate surface area is 218 Å². The zero-order valence-corrected chi connectivity index (χ0v) is 22.2. The molecule has 0 bridgehead atoms. The van der Waals surface area contributed by atoms with E-state index in [1.807, 2.05) is 20.8 Å². The lowest BCUT2D eigenvalue weighted by Gasteiger charge is -2.26. The molecule has 0 unspecified atom stereocenters. The highest BCUT2D eigenvalue weighted by molar-refractivity contribution is 7.91. The second-order valence-corrected chi connectivity index (χ2v) is 13.2. The summed E-state index contributed by atoms with van der Waals surface area (Å²) in [7, 11) is -3.14. The third-order valence-electron chi connectivity index (χ3n) is 5.96. The maximum absolute atomic E-state index is 13.5. The molecule has 0 saturated carbocycles. The number of amides is 3. The quantitative estimate of drug-likeness (QED) is 0.451. The van der Waals surface area contributed by atoms with Crippen LogP contribution in [0.2, 0.25) is 0 Å². The van der Waals surface area contributed by atoms with Crippen molar-refractivity contribution < 1.29 is 26.8 Å². The molecule has 2 N–H and O–H groups in total. The molecule has 3 amide bonds. The molecular weight excluding hydrogens is 520 g/mol. The van der Waals surface area contributed by atoms with E-state index in [1.54, 1.807) is 30.3 Å². The number of hydrogen-bond donors (Lipinski definition) is 2. The third kappa shape index (κ3) is 6.34. The van der Waals surface area contributed by atoms with Crippen LogP contribution in [0.4, 0.5) is 24.3 Å². The molecule has 1 aromatic heterocycles. The Morgan fingerprint density at radius 3 is 2.11 bits per heavy atom. The Morgan fingerprint density at radius 1 is 0.892 bits per heavy atom. The van der Waals surface area contributed by atoms with E-state index in [0.717, 1.165) is 17.0 Å². The van der Waals surface area contributed by atoms with Gasteiger partial charge in [0, 0.05) is 23.7 Å². The molecule has 7 nitrogen and oxygen atoms in total. The Hall–Kier alpha value is -3.31. The minimum Gasteiger partial charge on any atom is -0.337 e. The first kappa shape index (κ1) is 26.7. The van der Waals surface area contributed by atoms with Crippen LogP contribution in [0.3, 0.4) is 0 Å². The molecule has 11 heteroatoms. The molecule has 0 aliphatic carbocycles. The molecule has 2 aromatic carbocycles. The fraction of sp³-hybridized carbons (Fsp3) is 0.308. The van der Waals surface area contributed by atoms with Crippen molar-refractivity contribution in [1.29, 1.82) is 0 Å². The largest absolute Gasteiger partial charge is 0.337 e. The lowest BCUT2D eigenvalue weighted by Crippen LogP contribution is -2.43. The van der Waals surface area contributed by atoms with Gasteiger partial charge in [0.05, 0.1) is 17.1 Å². The summed E-state index contributed by atoms with van der Waals surface area (Å²) < 4.78 is 50.3. The molecule has 1 aliphatic heterocycles. The van der Waals surface area contributed by atoms with E-state index < -0.39 is 27.5 Å².